The van der Waals surface area contributed by atoms with E-state index in [9.17, 15) is 13.2 Å². The molecular weight excluding hydrogens is 400 g/mol. The van der Waals surface area contributed by atoms with Crippen LogP contribution in [0.3, 0.4) is 0 Å². The van der Waals surface area contributed by atoms with Gasteiger partial charge in [0.1, 0.15) is 5.75 Å². The van der Waals surface area contributed by atoms with Crippen molar-refractivity contribution < 1.29 is 17.9 Å². The first kappa shape index (κ1) is 20.3. The lowest BCUT2D eigenvalue weighted by Crippen LogP contribution is -2.41. The number of aromatic nitrogens is 1. The molecule has 1 amide bonds. The number of amides is 1. The molecule has 1 saturated heterocycles. The number of ether oxygens (including phenoxy) is 1. The minimum absolute atomic E-state index is 0.0165. The zero-order chi connectivity index (χ0) is 21.1. The van der Waals surface area contributed by atoms with E-state index >= 15 is 0 Å². The third-order valence-electron chi connectivity index (χ3n) is 5.54. The van der Waals surface area contributed by atoms with Gasteiger partial charge in [-0.15, -0.1) is 0 Å². The van der Waals surface area contributed by atoms with Gasteiger partial charge in [-0.3, -0.25) is 9.78 Å². The molecule has 1 aliphatic heterocycles. The molecule has 0 bridgehead atoms. The maximum atomic E-state index is 13.4. The van der Waals surface area contributed by atoms with Crippen LogP contribution in [0.2, 0.25) is 0 Å². The quantitative estimate of drug-likeness (QED) is 0.608. The molecule has 6 nitrogen and oxygen atoms in total. The number of carbonyl (C=O) groups excluding carboxylic acids is 1. The Balaban J connectivity index is 1.61. The van der Waals surface area contributed by atoms with E-state index < -0.39 is 9.84 Å². The zero-order valence-corrected chi connectivity index (χ0v) is 17.6. The van der Waals surface area contributed by atoms with Crippen LogP contribution in [0.1, 0.15) is 17.5 Å². The molecular formula is C23H24N2O4S. The second kappa shape index (κ2) is 8.44. The van der Waals surface area contributed by atoms with Crippen LogP contribution in [0.15, 0.2) is 60.8 Å². The van der Waals surface area contributed by atoms with Gasteiger partial charge in [-0.05, 0) is 35.7 Å². The number of hydrogen-bond acceptors (Lipinski definition) is 5. The summed E-state index contributed by atoms with van der Waals surface area (Å²) in [6, 6.07) is 16.8. The van der Waals surface area contributed by atoms with E-state index in [0.717, 1.165) is 27.8 Å². The Morgan fingerprint density at radius 3 is 2.60 bits per heavy atom. The summed E-state index contributed by atoms with van der Waals surface area (Å²) in [5.41, 5.74) is 2.58. The fourth-order valence-electron chi connectivity index (χ4n) is 3.94. The predicted molar refractivity (Wildman–Crippen MR) is 116 cm³/mol. The highest BCUT2D eigenvalue weighted by Crippen LogP contribution is 2.24. The van der Waals surface area contributed by atoms with Gasteiger partial charge in [0, 0.05) is 24.2 Å². The van der Waals surface area contributed by atoms with E-state index in [0.29, 0.717) is 13.0 Å². The number of carbonyl (C=O) groups is 1. The molecule has 0 N–H and O–H groups in total. The van der Waals surface area contributed by atoms with Gasteiger partial charge in [-0.25, -0.2) is 8.42 Å². The van der Waals surface area contributed by atoms with Gasteiger partial charge in [0.05, 0.1) is 30.6 Å². The molecule has 3 aromatic rings. The van der Waals surface area contributed by atoms with Crippen LogP contribution in [-0.4, -0.2) is 48.9 Å². The Kier molecular flexibility index (Phi) is 5.72. The number of sulfone groups is 1. The molecule has 7 heteroatoms. The second-order valence-corrected chi connectivity index (χ2v) is 9.82. The first-order chi connectivity index (χ1) is 14.4. The molecule has 1 unspecified atom stereocenters. The lowest BCUT2D eigenvalue weighted by atomic mass is 10.0. The largest absolute Gasteiger partial charge is 0.497 e. The molecule has 1 fully saturated rings. The molecule has 1 atom stereocenters. The fourth-order valence-corrected chi connectivity index (χ4v) is 5.67. The van der Waals surface area contributed by atoms with E-state index in [-0.39, 0.29) is 29.9 Å². The van der Waals surface area contributed by atoms with Crippen molar-refractivity contribution in [2.75, 3.05) is 18.6 Å². The van der Waals surface area contributed by atoms with Gasteiger partial charge in [-0.2, -0.15) is 0 Å². The standard InChI is InChI=1S/C23H24N2O4S/c1-29-21-9-7-17(8-10-21)15-25(20-11-13-30(27,28)16-20)22(26)14-19-5-2-4-18-6-3-12-24-23(18)19/h2-10,12,20H,11,13-16H2,1H3. The summed E-state index contributed by atoms with van der Waals surface area (Å²) in [6.07, 6.45) is 2.37. The van der Waals surface area contributed by atoms with E-state index in [1.807, 2.05) is 54.6 Å². The fraction of sp³-hybridized carbons (Fsp3) is 0.304. The van der Waals surface area contributed by atoms with E-state index in [1.54, 1.807) is 18.2 Å². The molecule has 0 aliphatic carbocycles. The average Bonchev–Trinajstić information content (AvgIpc) is 3.12. The number of fused-ring (bicyclic) bond motifs is 1. The molecule has 1 aromatic heterocycles. The van der Waals surface area contributed by atoms with E-state index in [1.165, 1.54) is 0 Å². The Labute approximate surface area is 176 Å². The first-order valence-corrected chi connectivity index (χ1v) is 11.7. The smallest absolute Gasteiger partial charge is 0.227 e. The molecule has 0 saturated carbocycles. The predicted octanol–water partition coefficient (Wildman–Crippen LogP) is 3.00. The highest BCUT2D eigenvalue weighted by molar-refractivity contribution is 7.91. The Hall–Kier alpha value is -2.93. The normalized spacial score (nSPS) is 17.7. The summed E-state index contributed by atoms with van der Waals surface area (Å²) in [7, 11) is -1.51. The molecule has 2 aromatic carbocycles. The summed E-state index contributed by atoms with van der Waals surface area (Å²) in [5.74, 6) is 0.788. The second-order valence-electron chi connectivity index (χ2n) is 7.60. The Morgan fingerprint density at radius 2 is 1.90 bits per heavy atom. The number of pyridine rings is 1. The summed E-state index contributed by atoms with van der Waals surface area (Å²) in [5, 5.41) is 0.980. The maximum Gasteiger partial charge on any atom is 0.227 e. The minimum atomic E-state index is -3.11. The summed E-state index contributed by atoms with van der Waals surface area (Å²) < 4.78 is 29.3. The average molecular weight is 425 g/mol. The van der Waals surface area contributed by atoms with Crippen molar-refractivity contribution in [1.82, 2.24) is 9.88 Å². The van der Waals surface area contributed by atoms with Crippen molar-refractivity contribution in [3.05, 3.63) is 71.9 Å². The number of hydrogen-bond donors (Lipinski definition) is 0. The SMILES string of the molecule is COc1ccc(CN(C(=O)Cc2cccc3cccnc23)C2CCS(=O)(=O)C2)cc1. The first-order valence-electron chi connectivity index (χ1n) is 9.90. The van der Waals surface area contributed by atoms with Gasteiger partial charge >= 0.3 is 0 Å². The van der Waals surface area contributed by atoms with Gasteiger partial charge < -0.3 is 9.64 Å². The monoisotopic (exact) mass is 424 g/mol. The van der Waals surface area contributed by atoms with Crippen LogP contribution < -0.4 is 4.74 Å². The molecule has 156 valence electrons. The number of benzene rings is 2. The van der Waals surface area contributed by atoms with Crippen molar-refractivity contribution in [2.24, 2.45) is 0 Å². The van der Waals surface area contributed by atoms with Crippen LogP contribution >= 0.6 is 0 Å². The van der Waals surface area contributed by atoms with Crippen molar-refractivity contribution in [2.45, 2.75) is 25.4 Å². The van der Waals surface area contributed by atoms with Crippen molar-refractivity contribution in [3.8, 4) is 5.75 Å². The lowest BCUT2D eigenvalue weighted by Gasteiger charge is -2.29. The van der Waals surface area contributed by atoms with Gasteiger partial charge in [0.2, 0.25) is 5.91 Å². The third-order valence-corrected chi connectivity index (χ3v) is 7.29. The van der Waals surface area contributed by atoms with Crippen LogP contribution in [0.4, 0.5) is 0 Å². The maximum absolute atomic E-state index is 13.4. The van der Waals surface area contributed by atoms with Gasteiger partial charge in [0.15, 0.2) is 9.84 Å². The van der Waals surface area contributed by atoms with Crippen LogP contribution in [0, 0.1) is 0 Å². The Bertz CT molecular complexity index is 1150. The zero-order valence-electron chi connectivity index (χ0n) is 16.8. The van der Waals surface area contributed by atoms with E-state index in [2.05, 4.69) is 4.98 Å². The van der Waals surface area contributed by atoms with Crippen LogP contribution in [0.5, 0.6) is 5.75 Å². The van der Waals surface area contributed by atoms with E-state index in [4.69, 9.17) is 4.74 Å². The Morgan fingerprint density at radius 1 is 1.13 bits per heavy atom. The molecule has 1 aliphatic rings. The molecule has 2 heterocycles. The topological polar surface area (TPSA) is 76.6 Å². The van der Waals surface area contributed by atoms with Crippen molar-refractivity contribution in [1.29, 1.82) is 0 Å². The molecule has 0 radical (unpaired) electrons. The number of para-hydroxylation sites is 1. The summed E-state index contributed by atoms with van der Waals surface area (Å²) in [4.78, 5) is 19.5. The third kappa shape index (κ3) is 4.46. The lowest BCUT2D eigenvalue weighted by molar-refractivity contribution is -0.133. The highest BCUT2D eigenvalue weighted by Gasteiger charge is 2.34. The minimum Gasteiger partial charge on any atom is -0.497 e. The summed E-state index contributed by atoms with van der Waals surface area (Å²) in [6.45, 7) is 0.362. The number of methoxy groups -OCH3 is 1. The molecule has 0 spiro atoms. The number of nitrogens with zero attached hydrogens (tertiary/aromatic N) is 2. The van der Waals surface area contributed by atoms with Crippen molar-refractivity contribution in [3.63, 3.8) is 0 Å². The van der Waals surface area contributed by atoms with Crippen LogP contribution in [-0.2, 0) is 27.6 Å². The van der Waals surface area contributed by atoms with Crippen LogP contribution in [0.25, 0.3) is 10.9 Å². The number of rotatable bonds is 6. The summed E-state index contributed by atoms with van der Waals surface area (Å²) >= 11 is 0. The molecule has 30 heavy (non-hydrogen) atoms. The van der Waals surface area contributed by atoms with Gasteiger partial charge in [0.25, 0.3) is 0 Å². The molecule has 4 rings (SSSR count). The highest BCUT2D eigenvalue weighted by atomic mass is 32.2. The van der Waals surface area contributed by atoms with Crippen molar-refractivity contribution >= 4 is 26.6 Å². The van der Waals surface area contributed by atoms with Gasteiger partial charge in [-0.1, -0.05) is 36.4 Å².